The fraction of sp³-hybridized carbons (Fsp3) is 0.0909. The van der Waals surface area contributed by atoms with E-state index in [1.54, 1.807) is 12.4 Å². The fourth-order valence-corrected chi connectivity index (χ4v) is 1.90. The van der Waals surface area contributed by atoms with Crippen LogP contribution in [0.4, 0.5) is 5.82 Å². The van der Waals surface area contributed by atoms with Crippen molar-refractivity contribution in [2.75, 3.05) is 5.73 Å². The monoisotopic (exact) mass is 217 g/mol. The molecule has 1 heterocycles. The molecule has 76 valence electrons. The minimum atomic E-state index is 0.475. The Labute approximate surface area is 92.8 Å². The van der Waals surface area contributed by atoms with Gasteiger partial charge in [-0.15, -0.1) is 0 Å². The van der Waals surface area contributed by atoms with Crippen molar-refractivity contribution < 1.29 is 0 Å². The Balaban J connectivity index is 2.22. The summed E-state index contributed by atoms with van der Waals surface area (Å²) in [6.45, 7) is 2.06. The normalized spacial score (nSPS) is 10.2. The van der Waals surface area contributed by atoms with Crippen LogP contribution in [0.5, 0.6) is 0 Å². The number of nitrogen functional groups attached to an aromatic ring is 1. The zero-order chi connectivity index (χ0) is 10.7. The van der Waals surface area contributed by atoms with Crippen LogP contribution >= 0.6 is 11.8 Å². The van der Waals surface area contributed by atoms with Crippen molar-refractivity contribution in [3.8, 4) is 0 Å². The molecule has 0 aliphatic carbocycles. The third-order valence-corrected chi connectivity index (χ3v) is 2.94. The standard InChI is InChI=1S/C11H11N3S/c1-8-2-4-9(5-3-8)15-11-10(12)13-6-7-14-11/h2-7H,1H3,(H2,12,13). The summed E-state index contributed by atoms with van der Waals surface area (Å²) < 4.78 is 0. The van der Waals surface area contributed by atoms with E-state index >= 15 is 0 Å². The van der Waals surface area contributed by atoms with E-state index in [1.165, 1.54) is 17.3 Å². The quantitative estimate of drug-likeness (QED) is 0.839. The van der Waals surface area contributed by atoms with Gasteiger partial charge in [-0.2, -0.15) is 0 Å². The van der Waals surface area contributed by atoms with Gasteiger partial charge in [-0.05, 0) is 19.1 Å². The molecule has 0 aliphatic rings. The van der Waals surface area contributed by atoms with Gasteiger partial charge in [0.1, 0.15) is 5.03 Å². The van der Waals surface area contributed by atoms with E-state index in [0.29, 0.717) is 5.82 Å². The lowest BCUT2D eigenvalue weighted by Gasteiger charge is -2.02. The molecular formula is C11H11N3S. The van der Waals surface area contributed by atoms with Crippen molar-refractivity contribution in [2.45, 2.75) is 16.8 Å². The molecule has 0 atom stereocenters. The van der Waals surface area contributed by atoms with Crippen LogP contribution in [-0.4, -0.2) is 9.97 Å². The number of hydrogen-bond acceptors (Lipinski definition) is 4. The molecule has 2 aromatic rings. The van der Waals surface area contributed by atoms with E-state index in [-0.39, 0.29) is 0 Å². The van der Waals surface area contributed by atoms with E-state index < -0.39 is 0 Å². The van der Waals surface area contributed by atoms with E-state index in [2.05, 4.69) is 29.0 Å². The highest BCUT2D eigenvalue weighted by atomic mass is 32.2. The topological polar surface area (TPSA) is 51.8 Å². The maximum atomic E-state index is 5.70. The lowest BCUT2D eigenvalue weighted by Crippen LogP contribution is -1.94. The second kappa shape index (κ2) is 4.31. The first kappa shape index (κ1) is 9.98. The molecule has 2 N–H and O–H groups in total. The van der Waals surface area contributed by atoms with Crippen LogP contribution in [0.15, 0.2) is 46.6 Å². The summed E-state index contributed by atoms with van der Waals surface area (Å²) >= 11 is 1.52. The maximum absolute atomic E-state index is 5.70. The Morgan fingerprint density at radius 2 is 1.73 bits per heavy atom. The van der Waals surface area contributed by atoms with Gasteiger partial charge in [0.2, 0.25) is 0 Å². The first-order valence-corrected chi connectivity index (χ1v) is 5.38. The largest absolute Gasteiger partial charge is 0.381 e. The van der Waals surface area contributed by atoms with Crippen molar-refractivity contribution in [3.63, 3.8) is 0 Å². The highest BCUT2D eigenvalue weighted by molar-refractivity contribution is 7.99. The van der Waals surface area contributed by atoms with Gasteiger partial charge >= 0.3 is 0 Å². The number of rotatable bonds is 2. The number of benzene rings is 1. The smallest absolute Gasteiger partial charge is 0.156 e. The van der Waals surface area contributed by atoms with Crippen molar-refractivity contribution in [2.24, 2.45) is 0 Å². The van der Waals surface area contributed by atoms with E-state index in [9.17, 15) is 0 Å². The van der Waals surface area contributed by atoms with Gasteiger partial charge in [0, 0.05) is 17.3 Å². The third-order valence-electron chi connectivity index (χ3n) is 1.93. The Kier molecular flexibility index (Phi) is 2.87. The number of anilines is 1. The van der Waals surface area contributed by atoms with Crippen LogP contribution in [0.2, 0.25) is 0 Å². The van der Waals surface area contributed by atoms with Crippen molar-refractivity contribution in [1.82, 2.24) is 9.97 Å². The maximum Gasteiger partial charge on any atom is 0.156 e. The SMILES string of the molecule is Cc1ccc(Sc2nccnc2N)cc1. The molecule has 0 bridgehead atoms. The minimum absolute atomic E-state index is 0.475. The van der Waals surface area contributed by atoms with Crippen LogP contribution in [0.25, 0.3) is 0 Å². The first-order chi connectivity index (χ1) is 7.25. The lowest BCUT2D eigenvalue weighted by molar-refractivity contribution is 1.07. The Bertz CT molecular complexity index is 454. The number of aryl methyl sites for hydroxylation is 1. The molecule has 2 rings (SSSR count). The molecule has 0 amide bonds. The van der Waals surface area contributed by atoms with Gasteiger partial charge in [0.05, 0.1) is 0 Å². The van der Waals surface area contributed by atoms with Crippen molar-refractivity contribution >= 4 is 17.6 Å². The van der Waals surface area contributed by atoms with Gasteiger partial charge in [-0.1, -0.05) is 29.5 Å². The van der Waals surface area contributed by atoms with Crippen molar-refractivity contribution in [1.29, 1.82) is 0 Å². The second-order valence-electron chi connectivity index (χ2n) is 3.16. The molecule has 0 aliphatic heterocycles. The molecule has 0 saturated heterocycles. The zero-order valence-electron chi connectivity index (χ0n) is 8.34. The van der Waals surface area contributed by atoms with E-state index in [1.807, 2.05) is 12.1 Å². The van der Waals surface area contributed by atoms with Gasteiger partial charge in [-0.3, -0.25) is 0 Å². The summed E-state index contributed by atoms with van der Waals surface area (Å²) in [4.78, 5) is 9.28. The summed E-state index contributed by atoms with van der Waals surface area (Å²) in [5.41, 5.74) is 6.95. The Morgan fingerprint density at radius 1 is 1.07 bits per heavy atom. The lowest BCUT2D eigenvalue weighted by atomic mass is 10.2. The second-order valence-corrected chi connectivity index (χ2v) is 4.22. The number of hydrogen-bond donors (Lipinski definition) is 1. The summed E-state index contributed by atoms with van der Waals surface area (Å²) in [6, 6.07) is 8.23. The minimum Gasteiger partial charge on any atom is -0.381 e. The van der Waals surface area contributed by atoms with Crippen LogP contribution in [0.1, 0.15) is 5.56 Å². The molecule has 0 saturated carbocycles. The van der Waals surface area contributed by atoms with E-state index in [0.717, 1.165) is 9.92 Å². The van der Waals surface area contributed by atoms with Gasteiger partial charge in [0.25, 0.3) is 0 Å². The van der Waals surface area contributed by atoms with Crippen LogP contribution in [-0.2, 0) is 0 Å². The van der Waals surface area contributed by atoms with Gasteiger partial charge in [-0.25, -0.2) is 9.97 Å². The number of nitrogens with two attached hydrogens (primary N) is 1. The predicted molar refractivity (Wildman–Crippen MR) is 61.7 cm³/mol. The number of nitrogens with zero attached hydrogens (tertiary/aromatic N) is 2. The summed E-state index contributed by atoms with van der Waals surface area (Å²) in [6.07, 6.45) is 3.24. The molecule has 15 heavy (non-hydrogen) atoms. The fourth-order valence-electron chi connectivity index (χ4n) is 1.13. The molecule has 1 aromatic heterocycles. The van der Waals surface area contributed by atoms with E-state index in [4.69, 9.17) is 5.73 Å². The molecular weight excluding hydrogens is 206 g/mol. The average molecular weight is 217 g/mol. The Morgan fingerprint density at radius 3 is 2.40 bits per heavy atom. The van der Waals surface area contributed by atoms with Crippen LogP contribution < -0.4 is 5.73 Å². The summed E-state index contributed by atoms with van der Waals surface area (Å²) in [5, 5.41) is 0.751. The number of aromatic nitrogens is 2. The average Bonchev–Trinajstić information content (AvgIpc) is 2.25. The predicted octanol–water partition coefficient (Wildman–Crippen LogP) is 2.52. The van der Waals surface area contributed by atoms with Crippen LogP contribution in [0.3, 0.4) is 0 Å². The highest BCUT2D eigenvalue weighted by Gasteiger charge is 2.02. The molecule has 3 nitrogen and oxygen atoms in total. The summed E-state index contributed by atoms with van der Waals surface area (Å²) in [7, 11) is 0. The van der Waals surface area contributed by atoms with Crippen LogP contribution in [0, 0.1) is 6.92 Å². The van der Waals surface area contributed by atoms with Gasteiger partial charge < -0.3 is 5.73 Å². The molecule has 1 aromatic carbocycles. The molecule has 0 fully saturated rings. The third kappa shape index (κ3) is 2.47. The molecule has 4 heteroatoms. The molecule has 0 radical (unpaired) electrons. The highest BCUT2D eigenvalue weighted by Crippen LogP contribution is 2.28. The zero-order valence-corrected chi connectivity index (χ0v) is 9.16. The Hall–Kier alpha value is -1.55. The molecule has 0 unspecified atom stereocenters. The molecule has 0 spiro atoms. The first-order valence-electron chi connectivity index (χ1n) is 4.57. The summed E-state index contributed by atoms with van der Waals surface area (Å²) in [5.74, 6) is 0.475. The van der Waals surface area contributed by atoms with Crippen molar-refractivity contribution in [3.05, 3.63) is 42.2 Å². The van der Waals surface area contributed by atoms with Gasteiger partial charge in [0.15, 0.2) is 5.82 Å².